The van der Waals surface area contributed by atoms with Crippen LogP contribution in [0.3, 0.4) is 0 Å². The van der Waals surface area contributed by atoms with E-state index >= 15 is 0 Å². The molecule has 68 valence electrons. The Kier molecular flexibility index (Phi) is 2.45. The van der Waals surface area contributed by atoms with Gasteiger partial charge in [-0.2, -0.15) is 0 Å². The van der Waals surface area contributed by atoms with Gasteiger partial charge in [-0.15, -0.1) is 6.42 Å². The highest BCUT2D eigenvalue weighted by molar-refractivity contribution is 5.36. The van der Waals surface area contributed by atoms with Crippen LogP contribution in [0.4, 0.5) is 0 Å². The fourth-order valence-corrected chi connectivity index (χ4v) is 1.13. The standard InChI is InChI=1S/C12H14O/c1-5-12(4,13)11-7-6-9(2)10(3)8-11/h1,6-8,13H,2-4H3. The van der Waals surface area contributed by atoms with E-state index in [2.05, 4.69) is 5.92 Å². The monoisotopic (exact) mass is 174 g/mol. The number of aliphatic hydroxyl groups is 1. The van der Waals surface area contributed by atoms with E-state index in [1.165, 1.54) is 5.56 Å². The number of terminal acetylenes is 1. The average Bonchev–Trinajstić information content (AvgIpc) is 2.09. The Hall–Kier alpha value is -1.26. The lowest BCUT2D eigenvalue weighted by Gasteiger charge is -2.17. The maximum atomic E-state index is 9.77. The van der Waals surface area contributed by atoms with Crippen LogP contribution in [0.15, 0.2) is 18.2 Å². The fraction of sp³-hybridized carbons (Fsp3) is 0.333. The summed E-state index contributed by atoms with van der Waals surface area (Å²) in [6.07, 6.45) is 5.23. The topological polar surface area (TPSA) is 20.2 Å². The van der Waals surface area contributed by atoms with Crippen molar-refractivity contribution < 1.29 is 5.11 Å². The van der Waals surface area contributed by atoms with Crippen LogP contribution in [-0.4, -0.2) is 5.11 Å². The van der Waals surface area contributed by atoms with Crippen LogP contribution >= 0.6 is 0 Å². The number of benzene rings is 1. The molecule has 0 bridgehead atoms. The van der Waals surface area contributed by atoms with Gasteiger partial charge in [0.25, 0.3) is 0 Å². The zero-order chi connectivity index (χ0) is 10.1. The number of hydrogen-bond acceptors (Lipinski definition) is 1. The van der Waals surface area contributed by atoms with Crippen LogP contribution < -0.4 is 0 Å². The second-order valence-corrected chi connectivity index (χ2v) is 3.52. The Labute approximate surface area is 79.4 Å². The van der Waals surface area contributed by atoms with Crippen LogP contribution in [0.5, 0.6) is 0 Å². The molecule has 0 aliphatic rings. The van der Waals surface area contributed by atoms with Gasteiger partial charge in [-0.25, -0.2) is 0 Å². The number of aryl methyl sites for hydroxylation is 2. The molecule has 1 unspecified atom stereocenters. The van der Waals surface area contributed by atoms with Crippen LogP contribution in [-0.2, 0) is 5.60 Å². The van der Waals surface area contributed by atoms with Crippen molar-refractivity contribution in [2.24, 2.45) is 0 Å². The van der Waals surface area contributed by atoms with Crippen molar-refractivity contribution >= 4 is 0 Å². The first-order chi connectivity index (χ1) is 5.97. The highest BCUT2D eigenvalue weighted by atomic mass is 16.3. The maximum absolute atomic E-state index is 9.77. The summed E-state index contributed by atoms with van der Waals surface area (Å²) in [5, 5.41) is 9.77. The Balaban J connectivity index is 3.20. The minimum atomic E-state index is -1.15. The van der Waals surface area contributed by atoms with Gasteiger partial charge in [-0.05, 0) is 37.5 Å². The second kappa shape index (κ2) is 3.24. The summed E-state index contributed by atoms with van der Waals surface area (Å²) in [4.78, 5) is 0. The van der Waals surface area contributed by atoms with Crippen molar-refractivity contribution in [1.29, 1.82) is 0 Å². The van der Waals surface area contributed by atoms with Gasteiger partial charge in [0.15, 0.2) is 0 Å². The molecule has 0 saturated heterocycles. The van der Waals surface area contributed by atoms with E-state index in [4.69, 9.17) is 6.42 Å². The smallest absolute Gasteiger partial charge is 0.147 e. The average molecular weight is 174 g/mol. The lowest BCUT2D eigenvalue weighted by Crippen LogP contribution is -2.18. The molecular weight excluding hydrogens is 160 g/mol. The summed E-state index contributed by atoms with van der Waals surface area (Å²) in [6, 6.07) is 5.76. The molecule has 1 atom stereocenters. The third kappa shape index (κ3) is 1.91. The molecule has 1 aromatic rings. The summed E-state index contributed by atoms with van der Waals surface area (Å²) in [6.45, 7) is 5.66. The van der Waals surface area contributed by atoms with E-state index in [0.29, 0.717) is 0 Å². The lowest BCUT2D eigenvalue weighted by molar-refractivity contribution is 0.122. The van der Waals surface area contributed by atoms with Crippen LogP contribution in [0.2, 0.25) is 0 Å². The molecule has 0 heterocycles. The molecule has 1 nitrogen and oxygen atoms in total. The predicted molar refractivity (Wildman–Crippen MR) is 54.3 cm³/mol. The van der Waals surface area contributed by atoms with E-state index in [1.807, 2.05) is 32.0 Å². The Morgan fingerprint density at radius 3 is 2.38 bits per heavy atom. The number of rotatable bonds is 1. The van der Waals surface area contributed by atoms with E-state index < -0.39 is 5.60 Å². The van der Waals surface area contributed by atoms with E-state index in [0.717, 1.165) is 11.1 Å². The summed E-state index contributed by atoms with van der Waals surface area (Å²) >= 11 is 0. The van der Waals surface area contributed by atoms with Gasteiger partial charge in [-0.3, -0.25) is 0 Å². The van der Waals surface area contributed by atoms with Crippen molar-refractivity contribution in [3.63, 3.8) is 0 Å². The zero-order valence-corrected chi connectivity index (χ0v) is 8.26. The predicted octanol–water partition coefficient (Wildman–Crippen LogP) is 2.14. The summed E-state index contributed by atoms with van der Waals surface area (Å²) in [5.74, 6) is 2.36. The first-order valence-electron chi connectivity index (χ1n) is 4.25. The first kappa shape index (κ1) is 9.83. The Morgan fingerprint density at radius 2 is 1.92 bits per heavy atom. The van der Waals surface area contributed by atoms with Gasteiger partial charge < -0.3 is 5.11 Å². The zero-order valence-electron chi connectivity index (χ0n) is 8.26. The van der Waals surface area contributed by atoms with Crippen molar-refractivity contribution in [3.05, 3.63) is 34.9 Å². The molecule has 0 aliphatic carbocycles. The summed E-state index contributed by atoms with van der Waals surface area (Å²) in [5.41, 5.74) is 1.97. The van der Waals surface area contributed by atoms with Crippen molar-refractivity contribution in [3.8, 4) is 12.3 Å². The third-order valence-electron chi connectivity index (χ3n) is 2.35. The molecule has 13 heavy (non-hydrogen) atoms. The van der Waals surface area contributed by atoms with Crippen LogP contribution in [0.25, 0.3) is 0 Å². The molecule has 0 amide bonds. The quantitative estimate of drug-likeness (QED) is 0.647. The second-order valence-electron chi connectivity index (χ2n) is 3.52. The minimum absolute atomic E-state index is 0.776. The molecule has 0 radical (unpaired) electrons. The van der Waals surface area contributed by atoms with Gasteiger partial charge in [0.05, 0.1) is 0 Å². The molecule has 0 aliphatic heterocycles. The molecule has 1 aromatic carbocycles. The van der Waals surface area contributed by atoms with Gasteiger partial charge in [0.2, 0.25) is 0 Å². The molecule has 0 aromatic heterocycles. The molecule has 0 spiro atoms. The Bertz CT molecular complexity index is 356. The van der Waals surface area contributed by atoms with Crippen molar-refractivity contribution in [2.75, 3.05) is 0 Å². The molecule has 1 rings (SSSR count). The summed E-state index contributed by atoms with van der Waals surface area (Å²) < 4.78 is 0. The van der Waals surface area contributed by atoms with Gasteiger partial charge >= 0.3 is 0 Å². The van der Waals surface area contributed by atoms with Gasteiger partial charge in [0.1, 0.15) is 5.60 Å². The van der Waals surface area contributed by atoms with Crippen LogP contribution in [0.1, 0.15) is 23.6 Å². The highest BCUT2D eigenvalue weighted by Gasteiger charge is 2.19. The number of hydrogen-bond donors (Lipinski definition) is 1. The molecule has 0 saturated carbocycles. The highest BCUT2D eigenvalue weighted by Crippen LogP contribution is 2.21. The minimum Gasteiger partial charge on any atom is -0.374 e. The van der Waals surface area contributed by atoms with E-state index in [9.17, 15) is 5.11 Å². The largest absolute Gasteiger partial charge is 0.374 e. The molecule has 0 fully saturated rings. The lowest BCUT2D eigenvalue weighted by atomic mass is 9.94. The summed E-state index contributed by atoms with van der Waals surface area (Å²) in [7, 11) is 0. The maximum Gasteiger partial charge on any atom is 0.147 e. The Morgan fingerprint density at radius 1 is 1.31 bits per heavy atom. The first-order valence-corrected chi connectivity index (χ1v) is 4.25. The molecular formula is C12H14O. The molecule has 1 N–H and O–H groups in total. The normalized spacial score (nSPS) is 14.7. The molecule has 1 heteroatoms. The van der Waals surface area contributed by atoms with Gasteiger partial charge in [0, 0.05) is 0 Å². The van der Waals surface area contributed by atoms with E-state index in [-0.39, 0.29) is 0 Å². The SMILES string of the molecule is C#CC(C)(O)c1ccc(C)c(C)c1. The fourth-order valence-electron chi connectivity index (χ4n) is 1.13. The van der Waals surface area contributed by atoms with Crippen molar-refractivity contribution in [2.45, 2.75) is 26.4 Å². The third-order valence-corrected chi connectivity index (χ3v) is 2.35. The van der Waals surface area contributed by atoms with E-state index in [1.54, 1.807) is 6.92 Å². The van der Waals surface area contributed by atoms with Crippen molar-refractivity contribution in [1.82, 2.24) is 0 Å². The van der Waals surface area contributed by atoms with Gasteiger partial charge in [-0.1, -0.05) is 24.1 Å². The van der Waals surface area contributed by atoms with Crippen LogP contribution in [0, 0.1) is 26.2 Å².